The first kappa shape index (κ1) is 23.1. The van der Waals surface area contributed by atoms with Gasteiger partial charge in [0.15, 0.2) is 5.65 Å². The van der Waals surface area contributed by atoms with Gasteiger partial charge in [0, 0.05) is 30.3 Å². The van der Waals surface area contributed by atoms with E-state index in [0.29, 0.717) is 28.3 Å². The molecule has 4 rings (SSSR count). The maximum absolute atomic E-state index is 14.9. The molecule has 7 nitrogen and oxygen atoms in total. The fraction of sp³-hybridized carbons (Fsp3) is 0.304. The van der Waals surface area contributed by atoms with E-state index in [-0.39, 0.29) is 17.0 Å². The number of nitrogens with two attached hydrogens (primary N) is 1. The third-order valence-electron chi connectivity index (χ3n) is 5.73. The molecular weight excluding hydrogens is 448 g/mol. The van der Waals surface area contributed by atoms with Gasteiger partial charge in [-0.3, -0.25) is 0 Å². The van der Waals surface area contributed by atoms with Gasteiger partial charge >= 0.3 is 0 Å². The standard InChI is InChI=1S/C23H25F2N5O2S/c1-13-21(27-2)22(16-7-8-20(32-3)29-23(16)28-13)30(11-14-5-4-6-14)12-17-18(24)9-15(33(26)31)10-19(17)25/h7-11,27H,4-6,12,26H2,1-3H3. The highest BCUT2D eigenvalue weighted by Gasteiger charge is 2.23. The first-order chi connectivity index (χ1) is 15.8. The number of aryl methyl sites for hydroxylation is 1. The third kappa shape index (κ3) is 4.53. The van der Waals surface area contributed by atoms with Gasteiger partial charge in [0.25, 0.3) is 0 Å². The van der Waals surface area contributed by atoms with E-state index in [0.717, 1.165) is 37.1 Å². The van der Waals surface area contributed by atoms with E-state index in [4.69, 9.17) is 9.88 Å². The van der Waals surface area contributed by atoms with Crippen molar-refractivity contribution in [1.29, 1.82) is 0 Å². The van der Waals surface area contributed by atoms with Crippen LogP contribution < -0.4 is 20.1 Å². The van der Waals surface area contributed by atoms with Crippen LogP contribution in [0.3, 0.4) is 0 Å². The summed E-state index contributed by atoms with van der Waals surface area (Å²) >= 11 is 0. The molecule has 1 aromatic carbocycles. The van der Waals surface area contributed by atoms with Gasteiger partial charge in [0.2, 0.25) is 5.88 Å². The Morgan fingerprint density at radius 1 is 1.24 bits per heavy atom. The molecule has 1 unspecified atom stereocenters. The second-order valence-electron chi connectivity index (χ2n) is 7.83. The van der Waals surface area contributed by atoms with Gasteiger partial charge in [0.05, 0.1) is 35.6 Å². The quantitative estimate of drug-likeness (QED) is 0.531. The predicted molar refractivity (Wildman–Crippen MR) is 125 cm³/mol. The zero-order chi connectivity index (χ0) is 23.7. The summed E-state index contributed by atoms with van der Waals surface area (Å²) < 4.78 is 46.6. The first-order valence-corrected chi connectivity index (χ1v) is 11.7. The molecule has 2 aromatic heterocycles. The molecule has 3 aromatic rings. The molecule has 174 valence electrons. The van der Waals surface area contributed by atoms with Crippen molar-refractivity contribution >= 4 is 33.4 Å². The van der Waals surface area contributed by atoms with Crippen LogP contribution in [-0.2, 0) is 17.5 Å². The van der Waals surface area contributed by atoms with Gasteiger partial charge in [-0.2, -0.15) is 4.98 Å². The molecule has 1 aliphatic rings. The van der Waals surface area contributed by atoms with Gasteiger partial charge in [0.1, 0.15) is 22.6 Å². The van der Waals surface area contributed by atoms with Crippen molar-refractivity contribution in [3.05, 3.63) is 58.9 Å². The average Bonchev–Trinajstić information content (AvgIpc) is 2.75. The number of halogens is 2. The minimum atomic E-state index is -1.98. The highest BCUT2D eigenvalue weighted by atomic mass is 32.2. The van der Waals surface area contributed by atoms with Crippen molar-refractivity contribution in [3.8, 4) is 5.88 Å². The van der Waals surface area contributed by atoms with E-state index in [2.05, 4.69) is 15.3 Å². The molecule has 0 saturated heterocycles. The molecule has 10 heteroatoms. The Morgan fingerprint density at radius 2 is 1.94 bits per heavy atom. The SMILES string of the molecule is CNc1c(C)nc2nc(OC)ccc2c1N(C=C1CCC1)Cc1c(F)cc(S(N)=O)cc1F. The second kappa shape index (κ2) is 9.40. The fourth-order valence-corrected chi connectivity index (χ4v) is 4.31. The summed E-state index contributed by atoms with van der Waals surface area (Å²) in [7, 11) is 1.32. The maximum Gasteiger partial charge on any atom is 0.215 e. The van der Waals surface area contributed by atoms with E-state index in [1.807, 2.05) is 24.1 Å². The van der Waals surface area contributed by atoms with Crippen LogP contribution in [0, 0.1) is 18.6 Å². The summed E-state index contributed by atoms with van der Waals surface area (Å²) in [5.74, 6) is -1.19. The zero-order valence-electron chi connectivity index (χ0n) is 18.6. The fourth-order valence-electron chi connectivity index (χ4n) is 3.87. The molecule has 0 amide bonds. The molecule has 33 heavy (non-hydrogen) atoms. The van der Waals surface area contributed by atoms with Crippen molar-refractivity contribution in [2.24, 2.45) is 5.14 Å². The number of anilines is 2. The highest BCUT2D eigenvalue weighted by Crippen LogP contribution is 2.39. The smallest absolute Gasteiger partial charge is 0.215 e. The van der Waals surface area contributed by atoms with Crippen molar-refractivity contribution < 1.29 is 17.7 Å². The average molecular weight is 474 g/mol. The third-order valence-corrected chi connectivity index (χ3v) is 6.43. The molecule has 1 aliphatic carbocycles. The van der Waals surface area contributed by atoms with Gasteiger partial charge in [-0.25, -0.2) is 23.1 Å². The molecule has 1 atom stereocenters. The van der Waals surface area contributed by atoms with Crippen LogP contribution in [0.25, 0.3) is 11.0 Å². The Labute approximate surface area is 193 Å². The molecule has 2 heterocycles. The normalized spacial score (nSPS) is 14.1. The summed E-state index contributed by atoms with van der Waals surface area (Å²) in [6.07, 6.45) is 4.87. The van der Waals surface area contributed by atoms with Crippen LogP contribution in [0.4, 0.5) is 20.2 Å². The maximum atomic E-state index is 14.9. The molecule has 0 aliphatic heterocycles. The molecule has 0 spiro atoms. The number of hydrogen-bond donors (Lipinski definition) is 2. The number of benzene rings is 1. The van der Waals surface area contributed by atoms with Crippen LogP contribution >= 0.6 is 0 Å². The monoisotopic (exact) mass is 473 g/mol. The Morgan fingerprint density at radius 3 is 2.48 bits per heavy atom. The number of ether oxygens (including phenoxy) is 1. The van der Waals surface area contributed by atoms with E-state index in [1.165, 1.54) is 12.7 Å². The van der Waals surface area contributed by atoms with Crippen LogP contribution in [0.15, 0.2) is 40.9 Å². The first-order valence-electron chi connectivity index (χ1n) is 10.5. The van der Waals surface area contributed by atoms with Gasteiger partial charge in [-0.15, -0.1) is 0 Å². The lowest BCUT2D eigenvalue weighted by atomic mass is 9.93. The number of methoxy groups -OCH3 is 1. The van der Waals surface area contributed by atoms with Gasteiger partial charge < -0.3 is 15.0 Å². The highest BCUT2D eigenvalue weighted by molar-refractivity contribution is 7.82. The van der Waals surface area contributed by atoms with Gasteiger partial charge in [-0.05, 0) is 44.4 Å². The zero-order valence-corrected chi connectivity index (χ0v) is 19.4. The largest absolute Gasteiger partial charge is 0.481 e. The number of pyridine rings is 2. The summed E-state index contributed by atoms with van der Waals surface area (Å²) in [5, 5.41) is 9.20. The second-order valence-corrected chi connectivity index (χ2v) is 8.89. The molecule has 0 radical (unpaired) electrons. The van der Waals surface area contributed by atoms with Crippen molar-refractivity contribution in [2.75, 3.05) is 24.4 Å². The summed E-state index contributed by atoms with van der Waals surface area (Å²) in [6.45, 7) is 1.76. The molecular formula is C23H25F2N5O2S. The predicted octanol–water partition coefficient (Wildman–Crippen LogP) is 4.32. The Kier molecular flexibility index (Phi) is 6.57. The summed E-state index contributed by atoms with van der Waals surface area (Å²) in [6, 6.07) is 5.60. The van der Waals surface area contributed by atoms with E-state index in [1.54, 1.807) is 13.1 Å². The summed E-state index contributed by atoms with van der Waals surface area (Å²) in [4.78, 5) is 10.8. The Balaban J connectivity index is 1.91. The summed E-state index contributed by atoms with van der Waals surface area (Å²) in [5.41, 5.74) is 3.62. The van der Waals surface area contributed by atoms with Crippen LogP contribution in [-0.4, -0.2) is 28.3 Å². The van der Waals surface area contributed by atoms with E-state index in [9.17, 15) is 13.0 Å². The van der Waals surface area contributed by atoms with Gasteiger partial charge in [-0.1, -0.05) is 5.57 Å². The molecule has 1 fully saturated rings. The lowest BCUT2D eigenvalue weighted by Crippen LogP contribution is -2.22. The van der Waals surface area contributed by atoms with Crippen LogP contribution in [0.1, 0.15) is 30.5 Å². The number of aromatic nitrogens is 2. The Bertz CT molecular complexity index is 1250. The number of fused-ring (bicyclic) bond motifs is 1. The number of allylic oxidation sites excluding steroid dienone is 1. The lowest BCUT2D eigenvalue weighted by Gasteiger charge is -2.29. The lowest BCUT2D eigenvalue weighted by molar-refractivity contribution is 0.399. The van der Waals surface area contributed by atoms with Crippen molar-refractivity contribution in [3.63, 3.8) is 0 Å². The Hall–Kier alpha value is -3.11. The number of hydrogen-bond acceptors (Lipinski definition) is 6. The molecule has 3 N–H and O–H groups in total. The minimum Gasteiger partial charge on any atom is -0.481 e. The van der Waals surface area contributed by atoms with Crippen LogP contribution in [0.5, 0.6) is 5.88 Å². The number of nitrogens with one attached hydrogen (secondary N) is 1. The van der Waals surface area contributed by atoms with E-state index < -0.39 is 22.6 Å². The van der Waals surface area contributed by atoms with Crippen molar-refractivity contribution in [2.45, 2.75) is 37.6 Å². The minimum absolute atomic E-state index is 0.0854. The van der Waals surface area contributed by atoms with Crippen LogP contribution in [0.2, 0.25) is 0 Å². The number of rotatable bonds is 7. The van der Waals surface area contributed by atoms with E-state index >= 15 is 0 Å². The molecule has 0 bridgehead atoms. The molecule has 1 saturated carbocycles. The topological polar surface area (TPSA) is 93.4 Å². The number of nitrogens with zero attached hydrogens (tertiary/aromatic N) is 3. The van der Waals surface area contributed by atoms with Crippen molar-refractivity contribution in [1.82, 2.24) is 9.97 Å².